The molecule has 6 heteroatoms. The molecule has 0 radical (unpaired) electrons. The molecular weight excluding hydrogens is 528 g/mol. The van der Waals surface area contributed by atoms with Crippen LogP contribution in [0.25, 0.3) is 0 Å². The van der Waals surface area contributed by atoms with Gasteiger partial charge in [0.1, 0.15) is 11.8 Å². The highest BCUT2D eigenvalue weighted by molar-refractivity contribution is 9.10. The molecule has 3 aromatic carbocycles. The van der Waals surface area contributed by atoms with E-state index in [0.29, 0.717) is 18.7 Å². The molecule has 0 saturated heterocycles. The quantitative estimate of drug-likeness (QED) is 0.322. The molecule has 0 spiro atoms. The molecule has 37 heavy (non-hydrogen) atoms. The molecular formula is C31H35BrN2O3. The van der Waals surface area contributed by atoms with Crippen LogP contribution in [0.1, 0.15) is 47.9 Å². The van der Waals surface area contributed by atoms with Gasteiger partial charge in [-0.25, -0.2) is 0 Å². The van der Waals surface area contributed by atoms with Gasteiger partial charge in [-0.3, -0.25) is 9.59 Å². The van der Waals surface area contributed by atoms with Crippen molar-refractivity contribution in [2.45, 2.75) is 64.6 Å². The minimum absolute atomic E-state index is 0.104. The zero-order valence-electron chi connectivity index (χ0n) is 21.6. The number of carbonyl (C=O) groups excluding carboxylic acids is 2. The Bertz CT molecular complexity index is 1190. The predicted octanol–water partition coefficient (Wildman–Crippen LogP) is 6.14. The Morgan fingerprint density at radius 3 is 2.35 bits per heavy atom. The van der Waals surface area contributed by atoms with Crippen molar-refractivity contribution < 1.29 is 14.3 Å². The maximum Gasteiger partial charge on any atom is 0.261 e. The number of amides is 2. The maximum atomic E-state index is 13.8. The minimum atomic E-state index is -0.651. The smallest absolute Gasteiger partial charge is 0.261 e. The molecule has 1 unspecified atom stereocenters. The predicted molar refractivity (Wildman–Crippen MR) is 150 cm³/mol. The van der Waals surface area contributed by atoms with Crippen LogP contribution in [0.5, 0.6) is 5.75 Å². The lowest BCUT2D eigenvalue weighted by Crippen LogP contribution is -2.53. The largest absolute Gasteiger partial charge is 0.483 e. The number of ether oxygens (including phenoxy) is 1. The summed E-state index contributed by atoms with van der Waals surface area (Å²) in [7, 11) is 0. The highest BCUT2D eigenvalue weighted by Crippen LogP contribution is 2.22. The number of rotatable bonds is 10. The molecule has 4 rings (SSSR count). The molecule has 1 atom stereocenters. The Morgan fingerprint density at radius 1 is 0.973 bits per heavy atom. The Hall–Kier alpha value is -3.12. The molecule has 0 heterocycles. The Balaban J connectivity index is 1.61. The van der Waals surface area contributed by atoms with Crippen molar-refractivity contribution >= 4 is 27.7 Å². The van der Waals surface area contributed by atoms with Crippen LogP contribution >= 0.6 is 15.9 Å². The SMILES string of the molecule is Cc1ccc(OCC(=O)N(Cc2ccc(Br)cc2)C(Cc2ccccc2)C(=O)NC2CCCC2)c(C)c1. The van der Waals surface area contributed by atoms with Gasteiger partial charge in [-0.2, -0.15) is 0 Å². The van der Waals surface area contributed by atoms with E-state index in [0.717, 1.165) is 52.4 Å². The number of carbonyl (C=O) groups is 2. The van der Waals surface area contributed by atoms with Crippen LogP contribution < -0.4 is 10.1 Å². The minimum Gasteiger partial charge on any atom is -0.483 e. The van der Waals surface area contributed by atoms with Crippen LogP contribution in [0, 0.1) is 13.8 Å². The van der Waals surface area contributed by atoms with Gasteiger partial charge in [0.05, 0.1) is 0 Å². The van der Waals surface area contributed by atoms with Crippen LogP contribution in [0.15, 0.2) is 77.3 Å². The Morgan fingerprint density at radius 2 is 1.68 bits per heavy atom. The topological polar surface area (TPSA) is 58.6 Å². The first kappa shape index (κ1) is 26.9. The van der Waals surface area contributed by atoms with Crippen LogP contribution in [0.3, 0.4) is 0 Å². The molecule has 1 fully saturated rings. The fourth-order valence-electron chi connectivity index (χ4n) is 4.89. The maximum absolute atomic E-state index is 13.8. The normalized spacial score (nSPS) is 14.2. The molecule has 1 aliphatic rings. The third-order valence-corrected chi connectivity index (χ3v) is 7.45. The molecule has 0 bridgehead atoms. The van der Waals surface area contributed by atoms with E-state index >= 15 is 0 Å². The third-order valence-electron chi connectivity index (χ3n) is 6.92. The highest BCUT2D eigenvalue weighted by atomic mass is 79.9. The van der Waals surface area contributed by atoms with E-state index in [2.05, 4.69) is 21.2 Å². The average molecular weight is 564 g/mol. The number of hydrogen-bond donors (Lipinski definition) is 1. The second-order valence-corrected chi connectivity index (χ2v) is 10.8. The van der Waals surface area contributed by atoms with E-state index in [1.165, 1.54) is 0 Å². The highest BCUT2D eigenvalue weighted by Gasteiger charge is 2.32. The summed E-state index contributed by atoms with van der Waals surface area (Å²) in [5.41, 5.74) is 4.08. The summed E-state index contributed by atoms with van der Waals surface area (Å²) in [6.45, 7) is 4.18. The van der Waals surface area contributed by atoms with Crippen molar-refractivity contribution in [1.82, 2.24) is 10.2 Å². The summed E-state index contributed by atoms with van der Waals surface area (Å²) in [5.74, 6) is 0.357. The second kappa shape index (κ2) is 12.9. The van der Waals surface area contributed by atoms with Crippen molar-refractivity contribution in [3.05, 3.63) is 99.5 Å². The number of benzene rings is 3. The number of nitrogens with zero attached hydrogens (tertiary/aromatic N) is 1. The van der Waals surface area contributed by atoms with E-state index in [1.807, 2.05) is 86.6 Å². The van der Waals surface area contributed by atoms with E-state index < -0.39 is 6.04 Å². The Kier molecular flexibility index (Phi) is 9.40. The van der Waals surface area contributed by atoms with E-state index in [9.17, 15) is 9.59 Å². The van der Waals surface area contributed by atoms with Gasteiger partial charge in [-0.1, -0.05) is 88.9 Å². The summed E-state index contributed by atoms with van der Waals surface area (Å²) in [4.78, 5) is 29.1. The van der Waals surface area contributed by atoms with E-state index in [-0.39, 0.29) is 24.5 Å². The van der Waals surface area contributed by atoms with E-state index in [1.54, 1.807) is 4.90 Å². The first-order valence-corrected chi connectivity index (χ1v) is 13.8. The summed E-state index contributed by atoms with van der Waals surface area (Å²) in [6, 6.07) is 23.2. The van der Waals surface area contributed by atoms with Crippen molar-refractivity contribution in [3.8, 4) is 5.75 Å². The Labute approximate surface area is 228 Å². The van der Waals surface area contributed by atoms with Crippen molar-refractivity contribution in [3.63, 3.8) is 0 Å². The molecule has 0 aromatic heterocycles. The van der Waals surface area contributed by atoms with Crippen molar-refractivity contribution in [2.24, 2.45) is 0 Å². The van der Waals surface area contributed by atoms with Gasteiger partial charge in [-0.15, -0.1) is 0 Å². The molecule has 1 N–H and O–H groups in total. The summed E-state index contributed by atoms with van der Waals surface area (Å²) in [5, 5.41) is 3.24. The molecule has 1 saturated carbocycles. The van der Waals surface area contributed by atoms with Crippen LogP contribution in [0.2, 0.25) is 0 Å². The van der Waals surface area contributed by atoms with Gasteiger partial charge in [0, 0.05) is 23.5 Å². The lowest BCUT2D eigenvalue weighted by atomic mass is 10.0. The molecule has 1 aliphatic carbocycles. The van der Waals surface area contributed by atoms with Gasteiger partial charge < -0.3 is 15.0 Å². The molecule has 194 valence electrons. The fourth-order valence-corrected chi connectivity index (χ4v) is 5.16. The summed E-state index contributed by atoms with van der Waals surface area (Å²) >= 11 is 3.48. The monoisotopic (exact) mass is 562 g/mol. The number of halogens is 1. The van der Waals surface area contributed by atoms with Gasteiger partial charge in [0.25, 0.3) is 5.91 Å². The first-order chi connectivity index (χ1) is 17.9. The molecule has 5 nitrogen and oxygen atoms in total. The second-order valence-electron chi connectivity index (χ2n) is 9.90. The molecule has 0 aliphatic heterocycles. The van der Waals surface area contributed by atoms with Gasteiger partial charge >= 0.3 is 0 Å². The van der Waals surface area contributed by atoms with Crippen molar-refractivity contribution in [2.75, 3.05) is 6.61 Å². The van der Waals surface area contributed by atoms with Crippen LogP contribution in [-0.4, -0.2) is 35.4 Å². The molecule has 2 amide bonds. The van der Waals surface area contributed by atoms with E-state index in [4.69, 9.17) is 4.74 Å². The van der Waals surface area contributed by atoms with Crippen LogP contribution in [-0.2, 0) is 22.6 Å². The summed E-state index contributed by atoms with van der Waals surface area (Å²) < 4.78 is 6.94. The van der Waals surface area contributed by atoms with Gasteiger partial charge in [0.2, 0.25) is 5.91 Å². The van der Waals surface area contributed by atoms with Gasteiger partial charge in [-0.05, 0) is 61.6 Å². The zero-order valence-corrected chi connectivity index (χ0v) is 23.2. The lowest BCUT2D eigenvalue weighted by molar-refractivity contribution is -0.143. The third kappa shape index (κ3) is 7.68. The van der Waals surface area contributed by atoms with Crippen molar-refractivity contribution in [1.29, 1.82) is 0 Å². The average Bonchev–Trinajstić information content (AvgIpc) is 3.40. The zero-order chi connectivity index (χ0) is 26.2. The summed E-state index contributed by atoms with van der Waals surface area (Å²) in [6.07, 6.45) is 4.66. The molecule has 3 aromatic rings. The van der Waals surface area contributed by atoms with Gasteiger partial charge in [0.15, 0.2) is 6.61 Å². The first-order valence-electron chi connectivity index (χ1n) is 13.0. The standard InChI is InChI=1S/C31H35BrN2O3/c1-22-12-17-29(23(2)18-22)37-21-30(35)34(20-25-13-15-26(32)16-14-25)28(19-24-8-4-3-5-9-24)31(36)33-27-10-6-7-11-27/h3-5,8-9,12-18,27-28H,6-7,10-11,19-21H2,1-2H3,(H,33,36). The van der Waals surface area contributed by atoms with Crippen LogP contribution in [0.4, 0.5) is 0 Å². The fraction of sp³-hybridized carbons (Fsp3) is 0.355. The number of hydrogen-bond acceptors (Lipinski definition) is 3. The number of aryl methyl sites for hydroxylation is 2. The lowest BCUT2D eigenvalue weighted by Gasteiger charge is -2.32. The number of nitrogens with one attached hydrogen (secondary N) is 1.